The number of anilines is 1. The summed E-state index contributed by atoms with van der Waals surface area (Å²) in [5.41, 5.74) is 9.69. The quantitative estimate of drug-likeness (QED) is 0.448. The van der Waals surface area contributed by atoms with Crippen LogP contribution in [0, 0.1) is 11.3 Å². The molecule has 1 unspecified atom stereocenters. The number of carbonyl (C=O) groups excluding carboxylic acids is 1. The van der Waals surface area contributed by atoms with Crippen molar-refractivity contribution in [3.8, 4) is 0 Å². The Balaban J connectivity index is 1.32. The first-order chi connectivity index (χ1) is 16.9. The van der Waals surface area contributed by atoms with Gasteiger partial charge in [0.2, 0.25) is 5.91 Å². The van der Waals surface area contributed by atoms with Crippen molar-refractivity contribution in [1.82, 2.24) is 4.90 Å². The first-order valence-electron chi connectivity index (χ1n) is 13.5. The van der Waals surface area contributed by atoms with Crippen LogP contribution in [0.3, 0.4) is 0 Å². The zero-order chi connectivity index (χ0) is 24.5. The largest absolute Gasteiger partial charge is 0.384 e. The molecule has 2 aromatic rings. The first-order valence-corrected chi connectivity index (χ1v) is 13.5. The number of nitrogens with one attached hydrogen (secondary N) is 1. The van der Waals surface area contributed by atoms with E-state index in [0.717, 1.165) is 17.8 Å². The number of hydrogen-bond donors (Lipinski definition) is 2. The highest BCUT2D eigenvalue weighted by atomic mass is 16.2. The van der Waals surface area contributed by atoms with E-state index in [1.807, 2.05) is 30.3 Å². The predicted molar refractivity (Wildman–Crippen MR) is 143 cm³/mol. The van der Waals surface area contributed by atoms with Crippen molar-refractivity contribution in [3.05, 3.63) is 65.2 Å². The molecule has 0 spiro atoms. The molecule has 1 aliphatic carbocycles. The monoisotopic (exact) mass is 472 g/mol. The minimum absolute atomic E-state index is 0.0430. The molecule has 3 atom stereocenters. The van der Waals surface area contributed by atoms with Crippen LogP contribution < -0.4 is 10.6 Å². The Labute approximate surface area is 210 Å². The summed E-state index contributed by atoms with van der Waals surface area (Å²) in [6.45, 7) is 5.62. The number of carbonyl (C=O) groups is 1. The van der Waals surface area contributed by atoms with Crippen LogP contribution in [0.15, 0.2) is 48.5 Å². The normalized spacial score (nSPS) is 29.6. The molecule has 1 saturated heterocycles. The van der Waals surface area contributed by atoms with E-state index >= 15 is 0 Å². The molecule has 5 nitrogen and oxygen atoms in total. The fourth-order valence-corrected chi connectivity index (χ4v) is 6.98. The zero-order valence-corrected chi connectivity index (χ0v) is 21.2. The average Bonchev–Trinajstić information content (AvgIpc) is 2.86. The minimum Gasteiger partial charge on any atom is -0.384 e. The van der Waals surface area contributed by atoms with E-state index in [1.54, 1.807) is 0 Å². The standard InChI is InChI=1S/C30H40N4O/c1-20-7-5-8-21(2)34(20)26-15-13-22(14-16-26)19-33-28-12-4-3-9-24(28)18-27(30(33)35)23-10-6-11-25(17-23)29(31)32/h3-4,6,9-12,17,20-22,26-27H,5,7-8,13-16,18-19H2,1-2H3,(H3,31,32)/t20-,21+,22?,26?,27?. The molecule has 2 heterocycles. The molecule has 5 rings (SSSR count). The number of nitrogens with zero attached hydrogens (tertiary/aromatic N) is 2. The van der Waals surface area contributed by atoms with Gasteiger partial charge in [-0.15, -0.1) is 0 Å². The highest BCUT2D eigenvalue weighted by Gasteiger charge is 2.37. The highest BCUT2D eigenvalue weighted by Crippen LogP contribution is 2.39. The lowest BCUT2D eigenvalue weighted by atomic mass is 9.81. The fourth-order valence-electron chi connectivity index (χ4n) is 6.98. The van der Waals surface area contributed by atoms with Gasteiger partial charge in [-0.05, 0) is 88.0 Å². The summed E-state index contributed by atoms with van der Waals surface area (Å²) >= 11 is 0. The molecule has 0 bridgehead atoms. The van der Waals surface area contributed by atoms with Gasteiger partial charge in [0.15, 0.2) is 0 Å². The van der Waals surface area contributed by atoms with Crippen molar-refractivity contribution >= 4 is 17.4 Å². The summed E-state index contributed by atoms with van der Waals surface area (Å²) < 4.78 is 0. The van der Waals surface area contributed by atoms with E-state index < -0.39 is 0 Å². The molecule has 1 amide bonds. The van der Waals surface area contributed by atoms with Gasteiger partial charge in [0.1, 0.15) is 5.84 Å². The predicted octanol–water partition coefficient (Wildman–Crippen LogP) is 5.47. The van der Waals surface area contributed by atoms with Gasteiger partial charge < -0.3 is 10.6 Å². The fraction of sp³-hybridized carbons (Fsp3) is 0.533. The van der Waals surface area contributed by atoms with E-state index in [0.29, 0.717) is 36.0 Å². The van der Waals surface area contributed by atoms with Crippen molar-refractivity contribution < 1.29 is 4.79 Å². The van der Waals surface area contributed by atoms with Gasteiger partial charge in [-0.3, -0.25) is 15.1 Å². The second-order valence-electron chi connectivity index (χ2n) is 11.1. The SMILES string of the molecule is C[C@@H]1CCC[C@H](C)N1C1CCC(CN2C(=O)C(c3cccc(C(=N)N)c3)Cc3ccccc32)CC1. The number of para-hydroxylation sites is 1. The number of amides is 1. The van der Waals surface area contributed by atoms with Crippen molar-refractivity contribution in [2.24, 2.45) is 11.7 Å². The minimum atomic E-state index is -0.226. The number of likely N-dealkylation sites (tertiary alicyclic amines) is 1. The number of rotatable bonds is 5. The highest BCUT2D eigenvalue weighted by molar-refractivity contribution is 6.02. The van der Waals surface area contributed by atoms with Crippen molar-refractivity contribution in [3.63, 3.8) is 0 Å². The molecule has 186 valence electrons. The molecule has 1 saturated carbocycles. The van der Waals surface area contributed by atoms with Gasteiger partial charge in [0.05, 0.1) is 5.92 Å². The molecular formula is C30H40N4O. The molecule has 35 heavy (non-hydrogen) atoms. The van der Waals surface area contributed by atoms with E-state index in [1.165, 1.54) is 50.5 Å². The number of hydrogen-bond acceptors (Lipinski definition) is 3. The molecule has 2 aromatic carbocycles. The second kappa shape index (κ2) is 10.1. The lowest BCUT2D eigenvalue weighted by Gasteiger charge is -2.47. The van der Waals surface area contributed by atoms with Gasteiger partial charge in [0, 0.05) is 35.9 Å². The Hall–Kier alpha value is -2.66. The van der Waals surface area contributed by atoms with Crippen molar-refractivity contribution in [2.45, 2.75) is 89.3 Å². The maximum Gasteiger partial charge on any atom is 0.234 e. The number of amidine groups is 1. The van der Waals surface area contributed by atoms with Gasteiger partial charge in [0.25, 0.3) is 0 Å². The van der Waals surface area contributed by atoms with Gasteiger partial charge in [-0.25, -0.2) is 0 Å². The smallest absolute Gasteiger partial charge is 0.234 e. The lowest BCUT2D eigenvalue weighted by molar-refractivity contribution is -0.120. The third-order valence-electron chi connectivity index (χ3n) is 8.81. The van der Waals surface area contributed by atoms with Gasteiger partial charge in [-0.1, -0.05) is 42.8 Å². The summed E-state index contributed by atoms with van der Waals surface area (Å²) in [5, 5.41) is 7.82. The lowest BCUT2D eigenvalue weighted by Crippen LogP contribution is -2.51. The van der Waals surface area contributed by atoms with Crippen LogP contribution in [0.5, 0.6) is 0 Å². The Morgan fingerprint density at radius 3 is 2.40 bits per heavy atom. The van der Waals surface area contributed by atoms with Crippen LogP contribution in [-0.2, 0) is 11.2 Å². The van der Waals surface area contributed by atoms with Gasteiger partial charge >= 0.3 is 0 Å². The summed E-state index contributed by atoms with van der Waals surface area (Å²) in [6, 6.07) is 18.2. The summed E-state index contributed by atoms with van der Waals surface area (Å²) in [4.78, 5) is 18.7. The third-order valence-corrected chi connectivity index (χ3v) is 8.81. The van der Waals surface area contributed by atoms with E-state index in [4.69, 9.17) is 11.1 Å². The van der Waals surface area contributed by atoms with Crippen molar-refractivity contribution in [1.29, 1.82) is 5.41 Å². The van der Waals surface area contributed by atoms with Crippen LogP contribution in [-0.4, -0.2) is 41.3 Å². The van der Waals surface area contributed by atoms with Crippen molar-refractivity contribution in [2.75, 3.05) is 11.4 Å². The average molecular weight is 473 g/mol. The molecular weight excluding hydrogens is 432 g/mol. The van der Waals surface area contributed by atoms with Gasteiger partial charge in [-0.2, -0.15) is 0 Å². The van der Waals surface area contributed by atoms with E-state index in [2.05, 4.69) is 41.8 Å². The first kappa shape index (κ1) is 24.1. The third kappa shape index (κ3) is 4.88. The molecule has 2 aliphatic heterocycles. The van der Waals surface area contributed by atoms with E-state index in [9.17, 15) is 4.79 Å². The number of nitrogen functional groups attached to an aromatic ring is 1. The maximum atomic E-state index is 13.9. The van der Waals surface area contributed by atoms with Crippen LogP contribution in [0.4, 0.5) is 5.69 Å². The Bertz CT molecular complexity index is 1060. The molecule has 3 aliphatic rings. The Kier molecular flexibility index (Phi) is 6.97. The number of nitrogens with two attached hydrogens (primary N) is 1. The van der Waals surface area contributed by atoms with Crippen LogP contribution in [0.2, 0.25) is 0 Å². The number of piperidine rings is 1. The topological polar surface area (TPSA) is 73.4 Å². The summed E-state index contributed by atoms with van der Waals surface area (Å²) in [6.07, 6.45) is 9.59. The molecule has 3 N–H and O–H groups in total. The number of fused-ring (bicyclic) bond motifs is 1. The molecule has 5 heteroatoms. The van der Waals surface area contributed by atoms with Crippen LogP contribution >= 0.6 is 0 Å². The Morgan fingerprint density at radius 2 is 1.69 bits per heavy atom. The maximum absolute atomic E-state index is 13.9. The van der Waals surface area contributed by atoms with Crippen LogP contribution in [0.25, 0.3) is 0 Å². The Morgan fingerprint density at radius 1 is 0.971 bits per heavy atom. The molecule has 0 aromatic heterocycles. The second-order valence-corrected chi connectivity index (χ2v) is 11.1. The summed E-state index contributed by atoms with van der Waals surface area (Å²) in [5.74, 6) is 0.544. The van der Waals surface area contributed by atoms with Crippen LogP contribution in [0.1, 0.15) is 81.4 Å². The zero-order valence-electron chi connectivity index (χ0n) is 21.2. The van der Waals surface area contributed by atoms with E-state index in [-0.39, 0.29) is 17.7 Å². The summed E-state index contributed by atoms with van der Waals surface area (Å²) in [7, 11) is 0. The number of benzene rings is 2. The molecule has 0 radical (unpaired) electrons. The molecule has 2 fully saturated rings.